The minimum absolute atomic E-state index is 0.0416. The maximum absolute atomic E-state index is 13.4. The molecule has 178 valence electrons. The van der Waals surface area contributed by atoms with E-state index in [9.17, 15) is 14.4 Å². The number of aromatic nitrogens is 3. The molecule has 0 aliphatic carbocycles. The van der Waals surface area contributed by atoms with Gasteiger partial charge in [-0.15, -0.1) is 0 Å². The Bertz CT molecular complexity index is 1300. The Kier molecular flexibility index (Phi) is 8.34. The van der Waals surface area contributed by atoms with Crippen LogP contribution in [0.4, 0.5) is 10.5 Å². The van der Waals surface area contributed by atoms with Crippen LogP contribution in [0.25, 0.3) is 5.82 Å². The lowest BCUT2D eigenvalue weighted by Crippen LogP contribution is -2.45. The average Bonchev–Trinajstić information content (AvgIpc) is 3.07. The average molecular weight is 680 g/mol. The largest absolute Gasteiger partial charge is 0.464 e. The van der Waals surface area contributed by atoms with Gasteiger partial charge in [-0.3, -0.25) is 9.59 Å². The number of rotatable bonds is 5. The first-order chi connectivity index (χ1) is 16.0. The number of nitrogens with one attached hydrogen (secondary N) is 2. The van der Waals surface area contributed by atoms with Gasteiger partial charge in [-0.1, -0.05) is 27.5 Å². The van der Waals surface area contributed by atoms with Gasteiger partial charge in [0.15, 0.2) is 5.82 Å². The van der Waals surface area contributed by atoms with Crippen molar-refractivity contribution in [3.63, 3.8) is 0 Å². The Morgan fingerprint density at radius 2 is 1.94 bits per heavy atom. The lowest BCUT2D eigenvalue weighted by molar-refractivity contribution is 0.0661. The van der Waals surface area contributed by atoms with Crippen molar-refractivity contribution >= 4 is 83.0 Å². The summed E-state index contributed by atoms with van der Waals surface area (Å²) in [5.41, 5.74) is 2.83. The Morgan fingerprint density at radius 1 is 1.24 bits per heavy atom. The van der Waals surface area contributed by atoms with Crippen molar-refractivity contribution in [1.29, 1.82) is 0 Å². The standard InChI is InChI=1S/C20H16Br3ClN6O4/c1-3-29(28-20(33)34)19(32)11-7-10(21)8-12(22)15(11)26-18(31)16-14(23)9(2)27-30(16)17-13(24)5-4-6-25-17/h4-8,28H,3H2,1-2H3,(H,26,31)(H,33,34). The topological polar surface area (TPSA) is 129 Å². The van der Waals surface area contributed by atoms with Crippen molar-refractivity contribution in [3.05, 3.63) is 65.9 Å². The highest BCUT2D eigenvalue weighted by molar-refractivity contribution is 9.11. The van der Waals surface area contributed by atoms with E-state index in [-0.39, 0.29) is 34.3 Å². The number of aryl methyl sites for hydroxylation is 1. The number of anilines is 1. The fraction of sp³-hybridized carbons (Fsp3) is 0.150. The molecule has 14 heteroatoms. The molecule has 0 saturated carbocycles. The van der Waals surface area contributed by atoms with E-state index >= 15 is 0 Å². The van der Waals surface area contributed by atoms with Crippen LogP contribution in [0.3, 0.4) is 0 Å². The molecule has 0 aliphatic rings. The predicted molar refractivity (Wildman–Crippen MR) is 136 cm³/mol. The molecule has 0 bridgehead atoms. The summed E-state index contributed by atoms with van der Waals surface area (Å²) in [4.78, 5) is 41.9. The molecule has 1 aromatic carbocycles. The van der Waals surface area contributed by atoms with E-state index < -0.39 is 17.9 Å². The number of nitrogens with zero attached hydrogens (tertiary/aromatic N) is 4. The number of hydrazine groups is 1. The number of halogens is 4. The van der Waals surface area contributed by atoms with Crippen LogP contribution in [0.5, 0.6) is 0 Å². The molecule has 0 spiro atoms. The van der Waals surface area contributed by atoms with Crippen molar-refractivity contribution in [2.75, 3.05) is 11.9 Å². The molecule has 0 atom stereocenters. The van der Waals surface area contributed by atoms with E-state index in [2.05, 4.69) is 63.2 Å². The van der Waals surface area contributed by atoms with Crippen LogP contribution in [0, 0.1) is 6.92 Å². The summed E-state index contributed by atoms with van der Waals surface area (Å²) in [6.45, 7) is 3.36. The highest BCUT2D eigenvalue weighted by atomic mass is 79.9. The predicted octanol–water partition coefficient (Wildman–Crippen LogP) is 5.41. The number of hydrogen-bond acceptors (Lipinski definition) is 5. The monoisotopic (exact) mass is 676 g/mol. The van der Waals surface area contributed by atoms with Crippen LogP contribution in [-0.2, 0) is 0 Å². The number of pyridine rings is 1. The van der Waals surface area contributed by atoms with Gasteiger partial charge in [0, 0.05) is 21.7 Å². The van der Waals surface area contributed by atoms with Crippen molar-refractivity contribution in [1.82, 2.24) is 25.2 Å². The van der Waals surface area contributed by atoms with Gasteiger partial charge in [0.25, 0.3) is 11.8 Å². The van der Waals surface area contributed by atoms with Gasteiger partial charge in [0.1, 0.15) is 5.69 Å². The third-order valence-electron chi connectivity index (χ3n) is 4.46. The molecular formula is C20H16Br3ClN6O4. The van der Waals surface area contributed by atoms with Gasteiger partial charge >= 0.3 is 6.09 Å². The molecule has 3 amide bonds. The Balaban J connectivity index is 2.08. The molecule has 3 N–H and O–H groups in total. The molecule has 34 heavy (non-hydrogen) atoms. The number of carboxylic acid groups (broad SMARTS) is 1. The molecule has 2 heterocycles. The van der Waals surface area contributed by atoms with Gasteiger partial charge < -0.3 is 10.4 Å². The first-order valence-corrected chi connectivity index (χ1v) is 12.3. The molecule has 0 unspecified atom stereocenters. The highest BCUT2D eigenvalue weighted by Crippen LogP contribution is 2.33. The molecular weight excluding hydrogens is 663 g/mol. The van der Waals surface area contributed by atoms with E-state index in [4.69, 9.17) is 16.7 Å². The summed E-state index contributed by atoms with van der Waals surface area (Å²) in [5.74, 6) is -1.03. The van der Waals surface area contributed by atoms with E-state index in [0.717, 1.165) is 5.01 Å². The first-order valence-electron chi connectivity index (χ1n) is 9.53. The maximum Gasteiger partial charge on any atom is 0.423 e. The molecule has 10 nitrogen and oxygen atoms in total. The Morgan fingerprint density at radius 3 is 2.56 bits per heavy atom. The zero-order valence-corrected chi connectivity index (χ0v) is 23.1. The van der Waals surface area contributed by atoms with Crippen LogP contribution in [0.15, 0.2) is 43.9 Å². The highest BCUT2D eigenvalue weighted by Gasteiger charge is 2.27. The van der Waals surface area contributed by atoms with E-state index in [1.54, 1.807) is 32.0 Å². The summed E-state index contributed by atoms with van der Waals surface area (Å²) >= 11 is 16.3. The SMILES string of the molecule is CCN(NC(=O)O)C(=O)c1cc(Br)cc(Br)c1NC(=O)c1c(Br)c(C)nn1-c1ncccc1Cl. The van der Waals surface area contributed by atoms with Crippen LogP contribution >= 0.6 is 59.4 Å². The van der Waals surface area contributed by atoms with Crippen LogP contribution in [0.1, 0.15) is 33.5 Å². The van der Waals surface area contributed by atoms with Crippen molar-refractivity contribution in [3.8, 4) is 5.82 Å². The number of carbonyl (C=O) groups excluding carboxylic acids is 2. The van der Waals surface area contributed by atoms with Crippen LogP contribution in [-0.4, -0.2) is 49.3 Å². The lowest BCUT2D eigenvalue weighted by atomic mass is 10.1. The second-order valence-corrected chi connectivity index (χ2v) is 9.67. The van der Waals surface area contributed by atoms with Gasteiger partial charge in [-0.25, -0.2) is 24.9 Å². The van der Waals surface area contributed by atoms with Crippen LogP contribution < -0.4 is 10.7 Å². The Labute approximate surface area is 224 Å². The smallest absolute Gasteiger partial charge is 0.423 e. The number of hydrogen-bond donors (Lipinski definition) is 3. The van der Waals surface area contributed by atoms with Gasteiger partial charge in [-0.2, -0.15) is 5.10 Å². The van der Waals surface area contributed by atoms with E-state index in [1.807, 2.05) is 5.43 Å². The summed E-state index contributed by atoms with van der Waals surface area (Å²) in [5, 5.41) is 17.3. The third-order valence-corrected chi connectivity index (χ3v) is 6.79. The van der Waals surface area contributed by atoms with E-state index in [1.165, 1.54) is 16.9 Å². The molecule has 0 aliphatic heterocycles. The maximum atomic E-state index is 13.4. The molecule has 0 fully saturated rings. The van der Waals surface area contributed by atoms with Gasteiger partial charge in [0.05, 0.1) is 26.4 Å². The normalized spacial score (nSPS) is 10.6. The van der Waals surface area contributed by atoms with Gasteiger partial charge in [-0.05, 0) is 70.0 Å². The minimum Gasteiger partial charge on any atom is -0.464 e. The molecule has 2 aromatic heterocycles. The number of benzene rings is 1. The second-order valence-electron chi connectivity index (χ2n) is 6.70. The first kappa shape index (κ1) is 26.1. The van der Waals surface area contributed by atoms with Crippen LogP contribution in [0.2, 0.25) is 5.02 Å². The molecule has 3 rings (SSSR count). The number of amides is 3. The molecule has 0 saturated heterocycles. The zero-order valence-electron chi connectivity index (χ0n) is 17.6. The second kappa shape index (κ2) is 10.8. The summed E-state index contributed by atoms with van der Waals surface area (Å²) in [7, 11) is 0. The summed E-state index contributed by atoms with van der Waals surface area (Å²) in [6.07, 6.45) is 0.121. The van der Waals surface area contributed by atoms with Gasteiger partial charge in [0.2, 0.25) is 0 Å². The minimum atomic E-state index is -1.40. The zero-order chi connectivity index (χ0) is 25.2. The molecule has 0 radical (unpaired) electrons. The molecule has 3 aromatic rings. The van der Waals surface area contributed by atoms with Crippen molar-refractivity contribution in [2.24, 2.45) is 0 Å². The Hall–Kier alpha value is -2.48. The fourth-order valence-electron chi connectivity index (χ4n) is 2.97. The van der Waals surface area contributed by atoms with Crippen molar-refractivity contribution in [2.45, 2.75) is 13.8 Å². The van der Waals surface area contributed by atoms with E-state index in [0.29, 0.717) is 19.1 Å². The number of carbonyl (C=O) groups is 3. The summed E-state index contributed by atoms with van der Waals surface area (Å²) < 4.78 is 2.64. The fourth-order valence-corrected chi connectivity index (χ4v) is 4.92. The lowest BCUT2D eigenvalue weighted by Gasteiger charge is -2.22. The third kappa shape index (κ3) is 5.43. The van der Waals surface area contributed by atoms with Crippen molar-refractivity contribution < 1.29 is 19.5 Å². The quantitative estimate of drug-likeness (QED) is 0.310. The summed E-state index contributed by atoms with van der Waals surface area (Å²) in [6, 6.07) is 6.38.